The summed E-state index contributed by atoms with van der Waals surface area (Å²) in [5.41, 5.74) is 1.07. The SMILES string of the molecule is FC1CC(c2ccccc2)n2nc(Br)nc21. The minimum Gasteiger partial charge on any atom is -0.239 e. The van der Waals surface area contributed by atoms with Crippen molar-refractivity contribution in [3.05, 3.63) is 46.5 Å². The maximum absolute atomic E-state index is 13.7. The second-order valence-electron chi connectivity index (χ2n) is 3.81. The van der Waals surface area contributed by atoms with E-state index in [9.17, 15) is 4.39 Å². The summed E-state index contributed by atoms with van der Waals surface area (Å²) in [4.78, 5) is 4.04. The quantitative estimate of drug-likeness (QED) is 0.804. The molecule has 2 heterocycles. The van der Waals surface area contributed by atoms with E-state index >= 15 is 0 Å². The van der Waals surface area contributed by atoms with Crippen LogP contribution in [-0.2, 0) is 0 Å². The molecule has 3 nitrogen and oxygen atoms in total. The predicted molar refractivity (Wildman–Crippen MR) is 60.8 cm³/mol. The van der Waals surface area contributed by atoms with Crippen molar-refractivity contribution in [3.8, 4) is 0 Å². The lowest BCUT2D eigenvalue weighted by Crippen LogP contribution is -2.07. The molecule has 1 aromatic carbocycles. The van der Waals surface area contributed by atoms with Gasteiger partial charge >= 0.3 is 0 Å². The Hall–Kier alpha value is -1.23. The van der Waals surface area contributed by atoms with Crippen LogP contribution in [0.4, 0.5) is 4.39 Å². The van der Waals surface area contributed by atoms with Gasteiger partial charge in [0.05, 0.1) is 6.04 Å². The van der Waals surface area contributed by atoms with E-state index in [1.165, 1.54) is 0 Å². The minimum atomic E-state index is -1.02. The van der Waals surface area contributed by atoms with Crippen molar-refractivity contribution in [1.29, 1.82) is 0 Å². The van der Waals surface area contributed by atoms with Crippen molar-refractivity contribution in [2.45, 2.75) is 18.6 Å². The van der Waals surface area contributed by atoms with Gasteiger partial charge in [0.15, 0.2) is 12.0 Å². The maximum Gasteiger partial charge on any atom is 0.217 e. The monoisotopic (exact) mass is 281 g/mol. The number of aromatic nitrogens is 3. The third-order valence-electron chi connectivity index (χ3n) is 2.82. The Kier molecular flexibility index (Phi) is 2.28. The molecule has 0 spiro atoms. The molecule has 0 aliphatic carbocycles. The first-order chi connectivity index (χ1) is 7.75. The predicted octanol–water partition coefficient (Wildman–Crippen LogP) is 3.04. The summed E-state index contributed by atoms with van der Waals surface area (Å²) in [6.07, 6.45) is -0.601. The largest absolute Gasteiger partial charge is 0.239 e. The van der Waals surface area contributed by atoms with Crippen LogP contribution in [-0.4, -0.2) is 14.8 Å². The Balaban J connectivity index is 2.06. The second kappa shape index (κ2) is 3.66. The standard InChI is InChI=1S/C11H9BrFN3/c12-11-14-10-8(13)6-9(16(10)15-11)7-4-2-1-3-5-7/h1-5,8-9H,6H2. The number of benzene rings is 1. The normalized spacial score (nSPS) is 23.4. The van der Waals surface area contributed by atoms with E-state index in [1.807, 2.05) is 30.3 Å². The third kappa shape index (κ3) is 1.46. The highest BCUT2D eigenvalue weighted by atomic mass is 79.9. The lowest BCUT2D eigenvalue weighted by Gasteiger charge is -2.10. The molecule has 0 amide bonds. The summed E-state index contributed by atoms with van der Waals surface area (Å²) in [5, 5.41) is 4.18. The second-order valence-corrected chi connectivity index (χ2v) is 4.52. The molecule has 1 aliphatic rings. The molecule has 0 saturated carbocycles. The number of alkyl halides is 1. The van der Waals surface area contributed by atoms with Crippen LogP contribution in [0.25, 0.3) is 0 Å². The number of hydrogen-bond donors (Lipinski definition) is 0. The molecule has 0 N–H and O–H groups in total. The van der Waals surface area contributed by atoms with E-state index in [0.717, 1.165) is 5.56 Å². The number of halogens is 2. The minimum absolute atomic E-state index is 0.0370. The first kappa shape index (κ1) is 9.96. The highest BCUT2D eigenvalue weighted by Gasteiger charge is 2.34. The van der Waals surface area contributed by atoms with Gasteiger partial charge < -0.3 is 0 Å². The molecule has 82 valence electrons. The average molecular weight is 282 g/mol. The topological polar surface area (TPSA) is 30.7 Å². The summed E-state index contributed by atoms with van der Waals surface area (Å²) >= 11 is 3.18. The van der Waals surface area contributed by atoms with E-state index in [0.29, 0.717) is 17.0 Å². The van der Waals surface area contributed by atoms with Crippen molar-refractivity contribution in [2.24, 2.45) is 0 Å². The summed E-state index contributed by atoms with van der Waals surface area (Å²) < 4.78 is 15.8. The van der Waals surface area contributed by atoms with E-state index in [2.05, 4.69) is 26.0 Å². The molecule has 0 saturated heterocycles. The van der Waals surface area contributed by atoms with Gasteiger partial charge in [-0.05, 0) is 21.5 Å². The molecule has 16 heavy (non-hydrogen) atoms. The fraction of sp³-hybridized carbons (Fsp3) is 0.273. The molecule has 3 rings (SSSR count). The highest BCUT2D eigenvalue weighted by Crippen LogP contribution is 2.39. The summed E-state index contributed by atoms with van der Waals surface area (Å²) in [5.74, 6) is 0.417. The zero-order chi connectivity index (χ0) is 11.1. The highest BCUT2D eigenvalue weighted by molar-refractivity contribution is 9.10. The van der Waals surface area contributed by atoms with Crippen LogP contribution in [0.15, 0.2) is 35.1 Å². The lowest BCUT2D eigenvalue weighted by molar-refractivity contribution is 0.328. The molecule has 1 aliphatic heterocycles. The van der Waals surface area contributed by atoms with Crippen LogP contribution in [0.3, 0.4) is 0 Å². The van der Waals surface area contributed by atoms with Gasteiger partial charge in [0.2, 0.25) is 4.73 Å². The fourth-order valence-corrected chi connectivity index (χ4v) is 2.46. The van der Waals surface area contributed by atoms with Crippen molar-refractivity contribution < 1.29 is 4.39 Å². The molecule has 0 bridgehead atoms. The summed E-state index contributed by atoms with van der Waals surface area (Å²) in [6, 6.07) is 9.79. The van der Waals surface area contributed by atoms with Crippen molar-refractivity contribution in [2.75, 3.05) is 0 Å². The Bertz CT molecular complexity index is 511. The van der Waals surface area contributed by atoms with Crippen molar-refractivity contribution in [3.63, 3.8) is 0 Å². The number of hydrogen-bond acceptors (Lipinski definition) is 2. The van der Waals surface area contributed by atoms with Gasteiger partial charge in [-0.15, -0.1) is 5.10 Å². The number of fused-ring (bicyclic) bond motifs is 1. The zero-order valence-electron chi connectivity index (χ0n) is 8.35. The molecule has 2 aromatic rings. The first-order valence-corrected chi connectivity index (χ1v) is 5.86. The average Bonchev–Trinajstić information content (AvgIpc) is 2.80. The molecule has 0 radical (unpaired) electrons. The van der Waals surface area contributed by atoms with Gasteiger partial charge in [-0.3, -0.25) is 0 Å². The maximum atomic E-state index is 13.7. The lowest BCUT2D eigenvalue weighted by atomic mass is 10.0. The molecule has 2 unspecified atom stereocenters. The summed E-state index contributed by atoms with van der Waals surface area (Å²) in [7, 11) is 0. The van der Waals surface area contributed by atoms with Crippen molar-refractivity contribution in [1.82, 2.24) is 14.8 Å². The van der Waals surface area contributed by atoms with Crippen LogP contribution < -0.4 is 0 Å². The molecule has 2 atom stereocenters. The Morgan fingerprint density at radius 3 is 2.81 bits per heavy atom. The van der Waals surface area contributed by atoms with E-state index in [-0.39, 0.29) is 6.04 Å². The summed E-state index contributed by atoms with van der Waals surface area (Å²) in [6.45, 7) is 0. The number of nitrogens with zero attached hydrogens (tertiary/aromatic N) is 3. The fourth-order valence-electron chi connectivity index (χ4n) is 2.10. The van der Waals surface area contributed by atoms with Gasteiger partial charge in [0.25, 0.3) is 0 Å². The van der Waals surface area contributed by atoms with E-state index in [4.69, 9.17) is 0 Å². The van der Waals surface area contributed by atoms with Crippen LogP contribution in [0, 0.1) is 0 Å². The molecular formula is C11H9BrFN3. The number of rotatable bonds is 1. The van der Waals surface area contributed by atoms with Gasteiger partial charge in [-0.2, -0.15) is 0 Å². The van der Waals surface area contributed by atoms with Crippen molar-refractivity contribution >= 4 is 15.9 Å². The Morgan fingerprint density at radius 1 is 1.31 bits per heavy atom. The van der Waals surface area contributed by atoms with Crippen LogP contribution in [0.5, 0.6) is 0 Å². The molecule has 5 heteroatoms. The van der Waals surface area contributed by atoms with Gasteiger partial charge in [0, 0.05) is 6.42 Å². The first-order valence-electron chi connectivity index (χ1n) is 5.06. The van der Waals surface area contributed by atoms with Crippen LogP contribution >= 0.6 is 15.9 Å². The zero-order valence-corrected chi connectivity index (χ0v) is 9.93. The van der Waals surface area contributed by atoms with Gasteiger partial charge in [-0.25, -0.2) is 14.1 Å². The van der Waals surface area contributed by atoms with Crippen LogP contribution in [0.1, 0.15) is 30.0 Å². The molecular weight excluding hydrogens is 273 g/mol. The van der Waals surface area contributed by atoms with Gasteiger partial charge in [-0.1, -0.05) is 30.3 Å². The molecule has 0 fully saturated rings. The van der Waals surface area contributed by atoms with E-state index in [1.54, 1.807) is 4.68 Å². The van der Waals surface area contributed by atoms with E-state index < -0.39 is 6.17 Å². The smallest absolute Gasteiger partial charge is 0.217 e. The third-order valence-corrected chi connectivity index (χ3v) is 3.16. The molecule has 1 aromatic heterocycles. The van der Waals surface area contributed by atoms with Crippen LogP contribution in [0.2, 0.25) is 0 Å². The Morgan fingerprint density at radius 2 is 2.06 bits per heavy atom. The van der Waals surface area contributed by atoms with Gasteiger partial charge in [0.1, 0.15) is 0 Å². The Labute approximate surface area is 100 Å².